The summed E-state index contributed by atoms with van der Waals surface area (Å²) in [6, 6.07) is 8.41. The molecule has 1 aliphatic rings. The highest BCUT2D eigenvalue weighted by atomic mass is 19.4. The summed E-state index contributed by atoms with van der Waals surface area (Å²) in [5, 5.41) is 8.17. The lowest BCUT2D eigenvalue weighted by Gasteiger charge is -2.16. The Morgan fingerprint density at radius 1 is 1.30 bits per heavy atom. The maximum Gasteiger partial charge on any atom is 0.471 e. The van der Waals surface area contributed by atoms with E-state index in [1.807, 2.05) is 6.92 Å². The largest absolute Gasteiger partial charge is 0.471 e. The first-order chi connectivity index (χ1) is 19.2. The number of azide groups is 1. The van der Waals surface area contributed by atoms with Gasteiger partial charge in [0.05, 0.1) is 29.7 Å². The number of carbonyl (C=O) groups is 2. The average Bonchev–Trinajstić information content (AvgIpc) is 3.52. The zero-order valence-corrected chi connectivity index (χ0v) is 21.1. The third-order valence-electron chi connectivity index (χ3n) is 6.00. The van der Waals surface area contributed by atoms with Gasteiger partial charge in [0.1, 0.15) is 30.8 Å². The van der Waals surface area contributed by atoms with E-state index >= 15 is 0 Å². The molecule has 1 saturated heterocycles. The lowest BCUT2D eigenvalue weighted by molar-refractivity contribution is -0.173. The van der Waals surface area contributed by atoms with Crippen LogP contribution >= 0.6 is 0 Å². The number of hydrogen-bond acceptors (Lipinski definition) is 7. The minimum Gasteiger partial charge on any atom is -0.369 e. The Hall–Kier alpha value is -4.64. The van der Waals surface area contributed by atoms with Crippen molar-refractivity contribution < 1.29 is 32.2 Å². The fourth-order valence-electron chi connectivity index (χ4n) is 4.19. The average molecular weight is 557 g/mol. The van der Waals surface area contributed by atoms with Gasteiger partial charge in [0, 0.05) is 23.1 Å². The van der Waals surface area contributed by atoms with E-state index in [-0.39, 0.29) is 30.3 Å². The molecule has 1 unspecified atom stereocenters. The quantitative estimate of drug-likeness (QED) is 0.184. The standard InChI is InChI=1S/C25H23F3N8O4/c1-2-17-18(39-14-33-35-29)11-19(40-17)36-12-16(9-6-10-30-24(38)25(26,27)28)20-21(31-13-32-22(20)36)34-23(37)15-7-4-3-5-8-15/h3-5,7-8,12-13,17-19H,2,10-11,14H2,1H3,(H,30,38)(H,31,32,34,37)/t17-,18?,19-/m1/s1. The Labute approximate surface area is 225 Å². The second-order valence-electron chi connectivity index (χ2n) is 8.51. The highest BCUT2D eigenvalue weighted by Crippen LogP contribution is 2.36. The van der Waals surface area contributed by atoms with Crippen LogP contribution in [-0.2, 0) is 14.3 Å². The van der Waals surface area contributed by atoms with Gasteiger partial charge in [0.25, 0.3) is 5.91 Å². The minimum absolute atomic E-state index is 0.127. The Morgan fingerprint density at radius 2 is 2.08 bits per heavy atom. The van der Waals surface area contributed by atoms with E-state index in [0.717, 1.165) is 0 Å². The molecule has 0 spiro atoms. The van der Waals surface area contributed by atoms with Gasteiger partial charge in [0.15, 0.2) is 0 Å². The number of carbonyl (C=O) groups excluding carboxylic acids is 2. The highest BCUT2D eigenvalue weighted by molar-refractivity contribution is 6.08. The lowest BCUT2D eigenvalue weighted by atomic mass is 10.1. The summed E-state index contributed by atoms with van der Waals surface area (Å²) in [5.41, 5.74) is 9.55. The number of halogens is 3. The van der Waals surface area contributed by atoms with Crippen LogP contribution in [0.1, 0.15) is 41.9 Å². The molecule has 1 aliphatic heterocycles. The molecule has 12 nitrogen and oxygen atoms in total. The molecule has 2 aromatic heterocycles. The molecule has 0 saturated carbocycles. The van der Waals surface area contributed by atoms with Crippen molar-refractivity contribution in [2.24, 2.45) is 5.11 Å². The maximum atomic E-state index is 12.9. The van der Waals surface area contributed by atoms with Crippen LogP contribution in [0.3, 0.4) is 0 Å². The van der Waals surface area contributed by atoms with Crippen LogP contribution in [0.5, 0.6) is 0 Å². The number of fused-ring (bicyclic) bond motifs is 1. The van der Waals surface area contributed by atoms with Crippen molar-refractivity contribution in [1.82, 2.24) is 19.9 Å². The van der Waals surface area contributed by atoms with Gasteiger partial charge < -0.3 is 24.7 Å². The third kappa shape index (κ3) is 6.49. The van der Waals surface area contributed by atoms with Crippen molar-refractivity contribution in [3.63, 3.8) is 0 Å². The van der Waals surface area contributed by atoms with Gasteiger partial charge in [-0.05, 0) is 24.1 Å². The highest BCUT2D eigenvalue weighted by Gasteiger charge is 2.38. The predicted molar refractivity (Wildman–Crippen MR) is 136 cm³/mol. The molecule has 3 atom stereocenters. The van der Waals surface area contributed by atoms with E-state index in [1.54, 1.807) is 46.4 Å². The van der Waals surface area contributed by atoms with E-state index in [0.29, 0.717) is 29.4 Å². The predicted octanol–water partition coefficient (Wildman–Crippen LogP) is 4.06. The molecule has 0 radical (unpaired) electrons. The molecular formula is C25H23F3N8O4. The second-order valence-corrected chi connectivity index (χ2v) is 8.51. The molecule has 1 aromatic carbocycles. The molecule has 40 heavy (non-hydrogen) atoms. The van der Waals surface area contributed by atoms with Crippen molar-refractivity contribution >= 4 is 28.7 Å². The van der Waals surface area contributed by atoms with Crippen molar-refractivity contribution in [3.05, 3.63) is 64.4 Å². The molecule has 3 heterocycles. The van der Waals surface area contributed by atoms with Gasteiger partial charge in [-0.3, -0.25) is 9.59 Å². The Bertz CT molecular complexity index is 1490. The van der Waals surface area contributed by atoms with Gasteiger partial charge in [-0.15, -0.1) is 0 Å². The fourth-order valence-corrected chi connectivity index (χ4v) is 4.19. The van der Waals surface area contributed by atoms with E-state index in [1.165, 1.54) is 6.33 Å². The summed E-state index contributed by atoms with van der Waals surface area (Å²) >= 11 is 0. The monoisotopic (exact) mass is 556 g/mol. The molecule has 0 aliphatic carbocycles. The van der Waals surface area contributed by atoms with Gasteiger partial charge in [-0.1, -0.05) is 42.1 Å². The molecule has 2 N–H and O–H groups in total. The summed E-state index contributed by atoms with van der Waals surface area (Å²) in [5.74, 6) is 2.82. The smallest absolute Gasteiger partial charge is 0.369 e. The van der Waals surface area contributed by atoms with Crippen LogP contribution in [0.25, 0.3) is 21.5 Å². The number of aromatic nitrogens is 3. The molecule has 2 amide bonds. The second kappa shape index (κ2) is 12.5. The van der Waals surface area contributed by atoms with Gasteiger partial charge in [0.2, 0.25) is 0 Å². The third-order valence-corrected chi connectivity index (χ3v) is 6.00. The topological polar surface area (TPSA) is 156 Å². The van der Waals surface area contributed by atoms with Crippen molar-refractivity contribution in [3.8, 4) is 11.8 Å². The minimum atomic E-state index is -5.03. The van der Waals surface area contributed by atoms with E-state index in [4.69, 9.17) is 15.0 Å². The number of hydrogen-bond donors (Lipinski definition) is 2. The zero-order chi connectivity index (χ0) is 28.7. The first-order valence-corrected chi connectivity index (χ1v) is 12.1. The van der Waals surface area contributed by atoms with Crippen LogP contribution < -0.4 is 10.6 Å². The van der Waals surface area contributed by atoms with Crippen molar-refractivity contribution in [2.75, 3.05) is 18.6 Å². The molecule has 4 rings (SSSR count). The van der Waals surface area contributed by atoms with Gasteiger partial charge in [-0.2, -0.15) is 13.2 Å². The van der Waals surface area contributed by atoms with Crippen molar-refractivity contribution in [1.29, 1.82) is 0 Å². The van der Waals surface area contributed by atoms with Crippen molar-refractivity contribution in [2.45, 2.75) is 44.4 Å². The summed E-state index contributed by atoms with van der Waals surface area (Å²) in [6.07, 6.45) is -2.51. The van der Waals surface area contributed by atoms with E-state index in [9.17, 15) is 22.8 Å². The summed E-state index contributed by atoms with van der Waals surface area (Å²) in [4.78, 5) is 35.2. The molecule has 1 fully saturated rings. The molecule has 0 bridgehead atoms. The van der Waals surface area contributed by atoms with Crippen LogP contribution in [0.2, 0.25) is 0 Å². The number of alkyl halides is 3. The molecule has 208 valence electrons. The maximum absolute atomic E-state index is 12.9. The lowest BCUT2D eigenvalue weighted by Crippen LogP contribution is -2.36. The number of anilines is 1. The van der Waals surface area contributed by atoms with Crippen LogP contribution in [-0.4, -0.2) is 58.0 Å². The number of ether oxygens (including phenoxy) is 2. The first kappa shape index (κ1) is 28.4. The summed E-state index contributed by atoms with van der Waals surface area (Å²) in [6.45, 7) is 1.17. The summed E-state index contributed by atoms with van der Waals surface area (Å²) < 4.78 is 51.1. The fraction of sp³-hybridized carbons (Fsp3) is 0.360. The Kier molecular flexibility index (Phi) is 8.85. The molecule has 3 aromatic rings. The molecule has 15 heteroatoms. The number of rotatable bonds is 8. The Balaban J connectivity index is 1.69. The zero-order valence-electron chi connectivity index (χ0n) is 21.1. The SMILES string of the molecule is CC[C@H]1O[C@@H](n2cc(C#CCNC(=O)C(F)(F)F)c3c(NC(=O)c4ccccc4)ncnc32)CC1OCN=[N+]=[N-]. The first-order valence-electron chi connectivity index (χ1n) is 12.1. The van der Waals surface area contributed by atoms with Gasteiger partial charge in [-0.25, -0.2) is 9.97 Å². The summed E-state index contributed by atoms with van der Waals surface area (Å²) in [7, 11) is 0. The number of benzene rings is 1. The molecular weight excluding hydrogens is 533 g/mol. The normalized spacial score (nSPS) is 18.4. The van der Waals surface area contributed by atoms with E-state index in [2.05, 4.69) is 37.2 Å². The van der Waals surface area contributed by atoms with Crippen LogP contribution in [0.15, 0.2) is 48.0 Å². The number of amides is 2. The van der Waals surface area contributed by atoms with Gasteiger partial charge >= 0.3 is 12.1 Å². The van der Waals surface area contributed by atoms with Crippen LogP contribution in [0, 0.1) is 11.8 Å². The van der Waals surface area contributed by atoms with Crippen LogP contribution in [0.4, 0.5) is 19.0 Å². The Morgan fingerprint density at radius 3 is 2.77 bits per heavy atom. The van der Waals surface area contributed by atoms with E-state index < -0.39 is 30.8 Å². The number of nitrogens with zero attached hydrogens (tertiary/aromatic N) is 6. The number of nitrogens with one attached hydrogen (secondary N) is 2.